The number of carbonyl (C=O) groups is 2. The van der Waals surface area contributed by atoms with E-state index in [1.807, 2.05) is 13.8 Å². The monoisotopic (exact) mass is 329 g/mol. The normalized spacial score (nSPS) is 12.3. The number of hydrogen-bond acceptors (Lipinski definition) is 3. The third kappa shape index (κ3) is 4.33. The Kier molecular flexibility index (Phi) is 5.50. The van der Waals surface area contributed by atoms with Crippen molar-refractivity contribution in [2.24, 2.45) is 5.92 Å². The van der Waals surface area contributed by atoms with Crippen LogP contribution in [-0.2, 0) is 0 Å². The lowest BCUT2D eigenvalue weighted by Crippen LogP contribution is -2.34. The number of hydrogen-bond donors (Lipinski definition) is 3. The van der Waals surface area contributed by atoms with Crippen molar-refractivity contribution in [2.45, 2.75) is 20.0 Å². The quantitative estimate of drug-likeness (QED) is 0.769. The molecule has 1 rings (SSSR count). The van der Waals surface area contributed by atoms with Gasteiger partial charge in [0.15, 0.2) is 0 Å². The Balaban J connectivity index is 2.73. The highest BCUT2D eigenvalue weighted by molar-refractivity contribution is 9.10. The second-order valence-corrected chi connectivity index (χ2v) is 5.38. The number of carboxylic acids is 1. The van der Waals surface area contributed by atoms with Crippen LogP contribution in [0.15, 0.2) is 22.7 Å². The van der Waals surface area contributed by atoms with Crippen LogP contribution in [0.2, 0.25) is 0 Å². The Morgan fingerprint density at radius 1 is 1.37 bits per heavy atom. The van der Waals surface area contributed by atoms with Gasteiger partial charge in [0.2, 0.25) is 0 Å². The molecule has 1 amide bonds. The number of rotatable bonds is 5. The smallest absolute Gasteiger partial charge is 0.336 e. The van der Waals surface area contributed by atoms with Gasteiger partial charge < -0.3 is 15.5 Å². The van der Waals surface area contributed by atoms with Gasteiger partial charge in [0.1, 0.15) is 0 Å². The maximum absolute atomic E-state index is 11.8. The topological polar surface area (TPSA) is 86.6 Å². The number of carboxylic acid groups (broad SMARTS) is 1. The van der Waals surface area contributed by atoms with Crippen LogP contribution in [-0.4, -0.2) is 34.7 Å². The van der Waals surface area contributed by atoms with E-state index in [0.29, 0.717) is 10.0 Å². The van der Waals surface area contributed by atoms with Crippen molar-refractivity contribution in [3.8, 4) is 0 Å². The van der Waals surface area contributed by atoms with E-state index in [1.54, 1.807) is 0 Å². The fourth-order valence-corrected chi connectivity index (χ4v) is 1.91. The van der Waals surface area contributed by atoms with Gasteiger partial charge in [0.05, 0.1) is 11.7 Å². The lowest BCUT2D eigenvalue weighted by Gasteiger charge is -2.15. The molecule has 104 valence electrons. The number of amides is 1. The van der Waals surface area contributed by atoms with Crippen LogP contribution in [0.1, 0.15) is 34.6 Å². The molecule has 0 aromatic heterocycles. The van der Waals surface area contributed by atoms with Crippen LogP contribution < -0.4 is 5.32 Å². The van der Waals surface area contributed by atoms with Gasteiger partial charge >= 0.3 is 5.97 Å². The SMILES string of the molecule is CC(C)C(O)CNC(=O)c1ccc(C(=O)O)c(Br)c1. The molecule has 0 heterocycles. The Morgan fingerprint density at radius 3 is 2.47 bits per heavy atom. The third-order valence-corrected chi connectivity index (χ3v) is 3.36. The zero-order valence-corrected chi connectivity index (χ0v) is 12.3. The first-order valence-electron chi connectivity index (χ1n) is 5.82. The largest absolute Gasteiger partial charge is 0.478 e. The summed E-state index contributed by atoms with van der Waals surface area (Å²) >= 11 is 3.11. The molecule has 0 radical (unpaired) electrons. The summed E-state index contributed by atoms with van der Waals surface area (Å²) in [6, 6.07) is 4.24. The maximum Gasteiger partial charge on any atom is 0.336 e. The van der Waals surface area contributed by atoms with Crippen LogP contribution in [0.3, 0.4) is 0 Å². The van der Waals surface area contributed by atoms with Gasteiger partial charge in [-0.2, -0.15) is 0 Å². The third-order valence-electron chi connectivity index (χ3n) is 2.70. The molecule has 0 fully saturated rings. The fraction of sp³-hybridized carbons (Fsp3) is 0.385. The Labute approximate surface area is 119 Å². The van der Waals surface area contributed by atoms with Gasteiger partial charge in [-0.15, -0.1) is 0 Å². The number of aliphatic hydroxyl groups excluding tert-OH is 1. The van der Waals surface area contributed by atoms with E-state index in [0.717, 1.165) is 0 Å². The fourth-order valence-electron chi connectivity index (χ4n) is 1.36. The van der Waals surface area contributed by atoms with Crippen LogP contribution >= 0.6 is 15.9 Å². The van der Waals surface area contributed by atoms with Gasteiger partial charge in [-0.25, -0.2) is 4.79 Å². The average molecular weight is 330 g/mol. The molecule has 3 N–H and O–H groups in total. The number of benzene rings is 1. The van der Waals surface area contributed by atoms with Gasteiger partial charge in [0, 0.05) is 16.6 Å². The van der Waals surface area contributed by atoms with Gasteiger partial charge in [-0.05, 0) is 40.0 Å². The van der Waals surface area contributed by atoms with E-state index in [2.05, 4.69) is 21.2 Å². The maximum atomic E-state index is 11.8. The van der Waals surface area contributed by atoms with Crippen molar-refractivity contribution in [1.82, 2.24) is 5.32 Å². The molecular formula is C13H16BrNO4. The second kappa shape index (κ2) is 6.68. The highest BCUT2D eigenvalue weighted by atomic mass is 79.9. The first-order chi connectivity index (χ1) is 8.82. The molecule has 6 heteroatoms. The van der Waals surface area contributed by atoms with Crippen molar-refractivity contribution in [3.63, 3.8) is 0 Å². The van der Waals surface area contributed by atoms with Crippen molar-refractivity contribution in [3.05, 3.63) is 33.8 Å². The molecule has 0 spiro atoms. The molecule has 19 heavy (non-hydrogen) atoms. The second-order valence-electron chi connectivity index (χ2n) is 4.52. The number of carbonyl (C=O) groups excluding carboxylic acids is 1. The highest BCUT2D eigenvalue weighted by Crippen LogP contribution is 2.18. The number of aromatic carboxylic acids is 1. The first kappa shape index (κ1) is 15.7. The first-order valence-corrected chi connectivity index (χ1v) is 6.61. The van der Waals surface area contributed by atoms with Crippen LogP contribution in [0.4, 0.5) is 0 Å². The summed E-state index contributed by atoms with van der Waals surface area (Å²) in [6.07, 6.45) is -0.606. The average Bonchev–Trinajstić information content (AvgIpc) is 2.34. The summed E-state index contributed by atoms with van der Waals surface area (Å²) < 4.78 is 0.344. The van der Waals surface area contributed by atoms with Crippen LogP contribution in [0.25, 0.3) is 0 Å². The Morgan fingerprint density at radius 2 is 2.00 bits per heavy atom. The lowest BCUT2D eigenvalue weighted by atomic mass is 10.1. The molecule has 0 aliphatic heterocycles. The summed E-state index contributed by atoms with van der Waals surface area (Å²) in [7, 11) is 0. The van der Waals surface area contributed by atoms with E-state index >= 15 is 0 Å². The summed E-state index contributed by atoms with van der Waals surface area (Å²) in [4.78, 5) is 22.6. The lowest BCUT2D eigenvalue weighted by molar-refractivity contribution is 0.0695. The van der Waals surface area contributed by atoms with Crippen LogP contribution in [0.5, 0.6) is 0 Å². The van der Waals surface area contributed by atoms with Gasteiger partial charge in [0.25, 0.3) is 5.91 Å². The minimum absolute atomic E-state index is 0.0569. The van der Waals surface area contributed by atoms with E-state index in [4.69, 9.17) is 5.11 Å². The summed E-state index contributed by atoms with van der Waals surface area (Å²) in [5, 5.41) is 21.1. The Hall–Kier alpha value is -1.40. The van der Waals surface area contributed by atoms with Crippen molar-refractivity contribution >= 4 is 27.8 Å². The molecule has 0 aliphatic rings. The summed E-state index contributed by atoms with van der Waals surface area (Å²) in [5.41, 5.74) is 0.437. The van der Waals surface area contributed by atoms with Gasteiger partial charge in [-0.3, -0.25) is 4.79 Å². The van der Waals surface area contributed by atoms with E-state index in [1.165, 1.54) is 18.2 Å². The molecule has 0 saturated heterocycles. The molecule has 1 aromatic carbocycles. The zero-order valence-electron chi connectivity index (χ0n) is 10.7. The minimum Gasteiger partial charge on any atom is -0.478 e. The minimum atomic E-state index is -1.06. The number of aliphatic hydroxyl groups is 1. The van der Waals surface area contributed by atoms with E-state index < -0.39 is 12.1 Å². The Bertz CT molecular complexity index is 488. The molecular weight excluding hydrogens is 314 g/mol. The van der Waals surface area contributed by atoms with E-state index in [-0.39, 0.29) is 23.9 Å². The van der Waals surface area contributed by atoms with Crippen LogP contribution in [0, 0.1) is 5.92 Å². The molecule has 0 bridgehead atoms. The summed E-state index contributed by atoms with van der Waals surface area (Å²) in [5.74, 6) is -1.35. The van der Waals surface area contributed by atoms with Crippen molar-refractivity contribution in [2.75, 3.05) is 6.54 Å². The highest BCUT2D eigenvalue weighted by Gasteiger charge is 2.14. The predicted molar refractivity (Wildman–Crippen MR) is 74.3 cm³/mol. The molecule has 0 aliphatic carbocycles. The standard InChI is InChI=1S/C13H16BrNO4/c1-7(2)11(16)6-15-12(17)8-3-4-9(13(18)19)10(14)5-8/h3-5,7,11,16H,6H2,1-2H3,(H,15,17)(H,18,19). The summed E-state index contributed by atoms with van der Waals surface area (Å²) in [6.45, 7) is 3.87. The molecule has 0 saturated carbocycles. The number of halogens is 1. The molecule has 1 unspecified atom stereocenters. The van der Waals surface area contributed by atoms with Gasteiger partial charge in [-0.1, -0.05) is 13.8 Å². The van der Waals surface area contributed by atoms with Crippen molar-refractivity contribution < 1.29 is 19.8 Å². The molecule has 1 atom stereocenters. The molecule has 1 aromatic rings. The van der Waals surface area contributed by atoms with E-state index in [9.17, 15) is 14.7 Å². The predicted octanol–water partition coefficient (Wildman–Crippen LogP) is 1.89. The number of nitrogens with one attached hydrogen (secondary N) is 1. The molecule has 5 nitrogen and oxygen atoms in total. The zero-order chi connectivity index (χ0) is 14.6. The van der Waals surface area contributed by atoms with Crippen molar-refractivity contribution in [1.29, 1.82) is 0 Å².